The Balaban J connectivity index is 2.78. The number of benzene rings is 1. The van der Waals surface area contributed by atoms with Crippen LogP contribution in [0.1, 0.15) is 0 Å². The van der Waals surface area contributed by atoms with Gasteiger partial charge in [-0.15, -0.1) is 0 Å². The van der Waals surface area contributed by atoms with Crippen molar-refractivity contribution in [3.63, 3.8) is 0 Å². The number of anilines is 1. The molecule has 0 atom stereocenters. The average Bonchev–Trinajstić information content (AvgIpc) is 2.17. The van der Waals surface area contributed by atoms with Gasteiger partial charge in [-0.05, 0) is 24.4 Å². The molecule has 1 rings (SSSR count). The van der Waals surface area contributed by atoms with Gasteiger partial charge in [0.15, 0.2) is 5.11 Å². The van der Waals surface area contributed by atoms with Gasteiger partial charge >= 0.3 is 0 Å². The van der Waals surface area contributed by atoms with Crippen LogP contribution in [-0.4, -0.2) is 12.2 Å². The molecule has 3 nitrogen and oxygen atoms in total. The lowest BCUT2D eigenvalue weighted by molar-refractivity contribution is 1.06. The molecular weight excluding hydrogens is 170 g/mol. The fraction of sp³-hybridized carbons (Fsp3) is 0.125. The third-order valence-electron chi connectivity index (χ3n) is 1.47. The highest BCUT2D eigenvalue weighted by Gasteiger charge is 2.03. The normalized spacial score (nSPS) is 9.17. The van der Waals surface area contributed by atoms with Crippen LogP contribution in [0.5, 0.6) is 0 Å². The maximum Gasteiger partial charge on any atom is 0.187 e. The van der Waals surface area contributed by atoms with E-state index in [2.05, 4.69) is 5.32 Å². The van der Waals surface area contributed by atoms with Crippen LogP contribution >= 0.6 is 12.2 Å². The second kappa shape index (κ2) is 4.04. The monoisotopic (exact) mass is 181 g/mol. The van der Waals surface area contributed by atoms with Gasteiger partial charge in [0.25, 0.3) is 0 Å². The van der Waals surface area contributed by atoms with Crippen molar-refractivity contribution in [2.24, 2.45) is 5.84 Å². The molecule has 64 valence electrons. The first-order valence-electron chi connectivity index (χ1n) is 3.57. The van der Waals surface area contributed by atoms with E-state index in [0.29, 0.717) is 5.11 Å². The highest BCUT2D eigenvalue weighted by molar-refractivity contribution is 7.80. The lowest BCUT2D eigenvalue weighted by atomic mass is 10.3. The van der Waals surface area contributed by atoms with Gasteiger partial charge in [0.1, 0.15) is 0 Å². The zero-order valence-electron chi connectivity index (χ0n) is 6.82. The van der Waals surface area contributed by atoms with Crippen LogP contribution in [0.15, 0.2) is 30.3 Å². The fourth-order valence-corrected chi connectivity index (χ4v) is 0.932. The predicted molar refractivity (Wildman–Crippen MR) is 54.8 cm³/mol. The van der Waals surface area contributed by atoms with Gasteiger partial charge < -0.3 is 5.32 Å². The van der Waals surface area contributed by atoms with Crippen molar-refractivity contribution in [3.05, 3.63) is 30.3 Å². The number of nitrogens with two attached hydrogens (primary N) is 1. The Labute approximate surface area is 77.1 Å². The Hall–Kier alpha value is -1.13. The Morgan fingerprint density at radius 3 is 2.50 bits per heavy atom. The molecule has 1 aromatic carbocycles. The number of hydrazine groups is 1. The van der Waals surface area contributed by atoms with Crippen molar-refractivity contribution < 1.29 is 0 Å². The largest absolute Gasteiger partial charge is 0.364 e. The van der Waals surface area contributed by atoms with Crippen LogP contribution in [-0.2, 0) is 0 Å². The highest BCUT2D eigenvalue weighted by atomic mass is 32.1. The molecular formula is C8H11N3S. The van der Waals surface area contributed by atoms with Crippen LogP contribution < -0.4 is 16.2 Å². The van der Waals surface area contributed by atoms with Gasteiger partial charge in [-0.2, -0.15) is 0 Å². The number of thiocarbonyl (C=S) groups is 1. The van der Waals surface area contributed by atoms with Crippen molar-refractivity contribution in [2.75, 3.05) is 12.1 Å². The molecule has 0 unspecified atom stereocenters. The molecule has 0 aromatic heterocycles. The Kier molecular flexibility index (Phi) is 3.01. The third-order valence-corrected chi connectivity index (χ3v) is 1.87. The molecule has 0 spiro atoms. The fourth-order valence-electron chi connectivity index (χ4n) is 0.826. The van der Waals surface area contributed by atoms with Crippen LogP contribution in [0, 0.1) is 0 Å². The van der Waals surface area contributed by atoms with Crippen LogP contribution in [0.2, 0.25) is 0 Å². The molecule has 0 bridgehead atoms. The van der Waals surface area contributed by atoms with E-state index >= 15 is 0 Å². The summed E-state index contributed by atoms with van der Waals surface area (Å²) in [5.41, 5.74) is 0.872. The van der Waals surface area contributed by atoms with Crippen molar-refractivity contribution >= 4 is 23.0 Å². The minimum Gasteiger partial charge on any atom is -0.364 e. The van der Waals surface area contributed by atoms with Crippen LogP contribution in [0.3, 0.4) is 0 Å². The number of hydrogen-bond donors (Lipinski definition) is 2. The van der Waals surface area contributed by atoms with Gasteiger partial charge in [0, 0.05) is 7.05 Å². The number of para-hydroxylation sites is 1. The first-order chi connectivity index (χ1) is 5.75. The zero-order valence-corrected chi connectivity index (χ0v) is 7.64. The molecule has 0 amide bonds. The minimum atomic E-state index is 0.501. The molecule has 0 saturated heterocycles. The van der Waals surface area contributed by atoms with Gasteiger partial charge in [-0.25, -0.2) is 5.84 Å². The second-order valence-corrected chi connectivity index (χ2v) is 2.65. The molecule has 0 radical (unpaired) electrons. The lowest BCUT2D eigenvalue weighted by Gasteiger charge is -2.18. The molecule has 0 aliphatic rings. The molecule has 0 aliphatic carbocycles. The molecule has 12 heavy (non-hydrogen) atoms. The molecule has 0 saturated carbocycles. The molecule has 0 fully saturated rings. The summed E-state index contributed by atoms with van der Waals surface area (Å²) in [4.78, 5) is 0. The van der Waals surface area contributed by atoms with E-state index in [4.69, 9.17) is 18.1 Å². The first kappa shape index (κ1) is 8.96. The summed E-state index contributed by atoms with van der Waals surface area (Å²) in [5, 5.41) is 4.72. The van der Waals surface area contributed by atoms with Crippen LogP contribution in [0.25, 0.3) is 0 Å². The van der Waals surface area contributed by atoms with E-state index in [1.807, 2.05) is 30.3 Å². The van der Waals surface area contributed by atoms with Gasteiger partial charge in [-0.3, -0.25) is 5.01 Å². The Bertz CT molecular complexity index is 260. The van der Waals surface area contributed by atoms with E-state index in [1.54, 1.807) is 7.05 Å². The van der Waals surface area contributed by atoms with Crippen molar-refractivity contribution in [3.8, 4) is 0 Å². The highest BCUT2D eigenvalue weighted by Crippen LogP contribution is 2.08. The summed E-state index contributed by atoms with van der Waals surface area (Å²) in [5.74, 6) is 5.68. The second-order valence-electron chi connectivity index (χ2n) is 2.26. The summed E-state index contributed by atoms with van der Waals surface area (Å²) >= 11 is 4.95. The Morgan fingerprint density at radius 2 is 2.00 bits per heavy atom. The van der Waals surface area contributed by atoms with Crippen molar-refractivity contribution in [2.45, 2.75) is 0 Å². The quantitative estimate of drug-likeness (QED) is 0.383. The van der Waals surface area contributed by atoms with E-state index < -0.39 is 0 Å². The molecule has 4 heteroatoms. The number of hydrogen-bond acceptors (Lipinski definition) is 2. The first-order valence-corrected chi connectivity index (χ1v) is 3.98. The SMILES string of the molecule is CNC(=S)N(N)c1ccccc1. The summed E-state index contributed by atoms with van der Waals surface area (Å²) in [7, 11) is 1.74. The maximum atomic E-state index is 5.68. The standard InChI is InChI=1S/C8H11N3S/c1-10-8(12)11(9)7-5-3-2-4-6-7/h2-6H,9H2,1H3,(H,10,12). The average molecular weight is 181 g/mol. The number of nitrogens with zero attached hydrogens (tertiary/aromatic N) is 1. The molecule has 0 heterocycles. The number of rotatable bonds is 1. The summed E-state index contributed by atoms with van der Waals surface area (Å²) in [6.07, 6.45) is 0. The topological polar surface area (TPSA) is 41.3 Å². The predicted octanol–water partition coefficient (Wildman–Crippen LogP) is 0.871. The summed E-state index contributed by atoms with van der Waals surface area (Å²) in [6, 6.07) is 9.54. The summed E-state index contributed by atoms with van der Waals surface area (Å²) in [6.45, 7) is 0. The van der Waals surface area contributed by atoms with Gasteiger partial charge in [-0.1, -0.05) is 18.2 Å². The Morgan fingerprint density at radius 1 is 1.42 bits per heavy atom. The van der Waals surface area contributed by atoms with Crippen molar-refractivity contribution in [1.82, 2.24) is 5.32 Å². The molecule has 3 N–H and O–H groups in total. The van der Waals surface area contributed by atoms with E-state index in [9.17, 15) is 0 Å². The van der Waals surface area contributed by atoms with Gasteiger partial charge in [0.2, 0.25) is 0 Å². The van der Waals surface area contributed by atoms with E-state index in [-0.39, 0.29) is 0 Å². The van der Waals surface area contributed by atoms with Crippen LogP contribution in [0.4, 0.5) is 5.69 Å². The number of nitrogens with one attached hydrogen (secondary N) is 1. The van der Waals surface area contributed by atoms with Crippen molar-refractivity contribution in [1.29, 1.82) is 0 Å². The minimum absolute atomic E-state index is 0.501. The lowest BCUT2D eigenvalue weighted by Crippen LogP contribution is -2.43. The van der Waals surface area contributed by atoms with Gasteiger partial charge in [0.05, 0.1) is 5.69 Å². The van der Waals surface area contributed by atoms with E-state index in [1.165, 1.54) is 5.01 Å². The maximum absolute atomic E-state index is 5.68. The summed E-state index contributed by atoms with van der Waals surface area (Å²) < 4.78 is 0. The smallest absolute Gasteiger partial charge is 0.187 e. The third kappa shape index (κ3) is 1.93. The molecule has 0 aliphatic heterocycles. The molecule has 1 aromatic rings. The zero-order chi connectivity index (χ0) is 8.97. The van der Waals surface area contributed by atoms with E-state index in [0.717, 1.165) is 5.69 Å².